The summed E-state index contributed by atoms with van der Waals surface area (Å²) < 4.78 is 17.0. The van der Waals surface area contributed by atoms with Gasteiger partial charge in [0.2, 0.25) is 5.90 Å². The van der Waals surface area contributed by atoms with Crippen LogP contribution in [-0.2, 0) is 0 Å². The standard InChI is InChI=1S/C23H21NO3/c1-18(17-26-20-12-7-4-8-13-20)23(24-19-10-5-3-6-11-19)27-22-15-9-14-21(16-22)25-2/h3-17H,1-2H3. The van der Waals surface area contributed by atoms with Gasteiger partial charge in [-0.05, 0) is 43.3 Å². The fraction of sp³-hybridized carbons (Fsp3) is 0.0870. The fourth-order valence-electron chi connectivity index (χ4n) is 2.29. The molecule has 0 bridgehead atoms. The third kappa shape index (κ3) is 5.47. The highest BCUT2D eigenvalue weighted by Crippen LogP contribution is 2.22. The molecule has 136 valence electrons. The average molecular weight is 359 g/mol. The van der Waals surface area contributed by atoms with Crippen LogP contribution in [0.5, 0.6) is 17.2 Å². The second-order valence-electron chi connectivity index (χ2n) is 5.77. The van der Waals surface area contributed by atoms with Gasteiger partial charge >= 0.3 is 0 Å². The van der Waals surface area contributed by atoms with Crippen molar-refractivity contribution in [1.29, 1.82) is 0 Å². The van der Waals surface area contributed by atoms with E-state index >= 15 is 0 Å². The molecule has 0 atom stereocenters. The van der Waals surface area contributed by atoms with Crippen LogP contribution in [0.15, 0.2) is 102 Å². The Morgan fingerprint density at radius 3 is 2.11 bits per heavy atom. The van der Waals surface area contributed by atoms with Gasteiger partial charge in [-0.1, -0.05) is 42.5 Å². The van der Waals surface area contributed by atoms with E-state index in [1.165, 1.54) is 0 Å². The first-order chi connectivity index (χ1) is 13.2. The predicted octanol–water partition coefficient (Wildman–Crippen LogP) is 5.79. The van der Waals surface area contributed by atoms with E-state index in [-0.39, 0.29) is 0 Å². The van der Waals surface area contributed by atoms with Crippen molar-refractivity contribution in [1.82, 2.24) is 0 Å². The molecule has 0 radical (unpaired) electrons. The van der Waals surface area contributed by atoms with Gasteiger partial charge in [-0.2, -0.15) is 0 Å². The lowest BCUT2D eigenvalue weighted by Gasteiger charge is -2.11. The molecule has 0 aromatic heterocycles. The molecule has 0 aliphatic heterocycles. The van der Waals surface area contributed by atoms with E-state index in [9.17, 15) is 0 Å². The molecule has 4 heteroatoms. The molecule has 3 aromatic rings. The summed E-state index contributed by atoms with van der Waals surface area (Å²) in [6, 6.07) is 26.6. The van der Waals surface area contributed by atoms with Gasteiger partial charge in [-0.25, -0.2) is 4.99 Å². The summed E-state index contributed by atoms with van der Waals surface area (Å²) in [5, 5.41) is 0. The number of ether oxygens (including phenoxy) is 3. The topological polar surface area (TPSA) is 40.0 Å². The molecule has 0 heterocycles. The first-order valence-electron chi connectivity index (χ1n) is 8.59. The Morgan fingerprint density at radius 2 is 1.41 bits per heavy atom. The zero-order chi connectivity index (χ0) is 18.9. The zero-order valence-electron chi connectivity index (χ0n) is 15.3. The molecule has 4 nitrogen and oxygen atoms in total. The number of aliphatic imine (C=N–C) groups is 1. The number of hydrogen-bond acceptors (Lipinski definition) is 4. The minimum atomic E-state index is 0.449. The lowest BCUT2D eigenvalue weighted by molar-refractivity contribution is 0.411. The van der Waals surface area contributed by atoms with E-state index in [1.54, 1.807) is 13.4 Å². The Labute approximate surface area is 159 Å². The number of para-hydroxylation sites is 2. The van der Waals surface area contributed by atoms with Gasteiger partial charge in [0.15, 0.2) is 0 Å². The Bertz CT molecular complexity index is 919. The van der Waals surface area contributed by atoms with Crippen molar-refractivity contribution in [2.45, 2.75) is 6.92 Å². The number of hydrogen-bond donors (Lipinski definition) is 0. The maximum atomic E-state index is 6.03. The molecule has 0 spiro atoms. The molecule has 0 unspecified atom stereocenters. The second kappa shape index (κ2) is 9.25. The van der Waals surface area contributed by atoms with Crippen LogP contribution in [0, 0.1) is 0 Å². The van der Waals surface area contributed by atoms with Crippen LogP contribution >= 0.6 is 0 Å². The van der Waals surface area contributed by atoms with Gasteiger partial charge in [-0.15, -0.1) is 0 Å². The van der Waals surface area contributed by atoms with Crippen molar-refractivity contribution in [3.8, 4) is 17.2 Å². The largest absolute Gasteiger partial charge is 0.497 e. The van der Waals surface area contributed by atoms with Crippen molar-refractivity contribution in [2.75, 3.05) is 7.11 Å². The Balaban J connectivity index is 1.88. The minimum absolute atomic E-state index is 0.449. The van der Waals surface area contributed by atoms with Crippen molar-refractivity contribution < 1.29 is 14.2 Å². The molecular weight excluding hydrogens is 338 g/mol. The Morgan fingerprint density at radius 1 is 0.778 bits per heavy atom. The van der Waals surface area contributed by atoms with Crippen LogP contribution in [0.1, 0.15) is 6.92 Å². The van der Waals surface area contributed by atoms with Crippen LogP contribution in [0.4, 0.5) is 5.69 Å². The Hall–Kier alpha value is -3.53. The summed E-state index contributed by atoms with van der Waals surface area (Å²) in [6.07, 6.45) is 1.64. The highest BCUT2D eigenvalue weighted by atomic mass is 16.5. The molecule has 0 saturated heterocycles. The molecule has 0 N–H and O–H groups in total. The highest BCUT2D eigenvalue weighted by Gasteiger charge is 2.08. The smallest absolute Gasteiger partial charge is 0.225 e. The number of methoxy groups -OCH3 is 1. The first kappa shape index (κ1) is 18.3. The van der Waals surface area contributed by atoms with Crippen LogP contribution in [0.3, 0.4) is 0 Å². The summed E-state index contributed by atoms with van der Waals surface area (Å²) in [7, 11) is 1.62. The SMILES string of the molecule is COc1cccc(OC(=Nc2ccccc2)C(C)=COc2ccccc2)c1. The van der Waals surface area contributed by atoms with Crippen LogP contribution in [-0.4, -0.2) is 13.0 Å². The molecule has 3 rings (SSSR count). The highest BCUT2D eigenvalue weighted by molar-refractivity contribution is 5.96. The van der Waals surface area contributed by atoms with Gasteiger partial charge in [0.25, 0.3) is 0 Å². The molecule has 3 aromatic carbocycles. The minimum Gasteiger partial charge on any atom is -0.497 e. The van der Waals surface area contributed by atoms with Gasteiger partial charge in [0.1, 0.15) is 17.2 Å². The van der Waals surface area contributed by atoms with E-state index in [0.717, 1.165) is 17.0 Å². The molecule has 0 amide bonds. The number of nitrogens with zero attached hydrogens (tertiary/aromatic N) is 1. The summed E-state index contributed by atoms with van der Waals surface area (Å²) in [5.41, 5.74) is 1.55. The van der Waals surface area contributed by atoms with Crippen molar-refractivity contribution in [3.63, 3.8) is 0 Å². The van der Waals surface area contributed by atoms with E-state index in [0.29, 0.717) is 17.4 Å². The van der Waals surface area contributed by atoms with Gasteiger partial charge in [0, 0.05) is 11.6 Å². The maximum Gasteiger partial charge on any atom is 0.225 e. The number of rotatable bonds is 6. The monoisotopic (exact) mass is 359 g/mol. The van der Waals surface area contributed by atoms with Crippen molar-refractivity contribution >= 4 is 11.6 Å². The van der Waals surface area contributed by atoms with Crippen molar-refractivity contribution in [2.24, 2.45) is 4.99 Å². The summed E-state index contributed by atoms with van der Waals surface area (Å²) in [5.74, 6) is 2.55. The van der Waals surface area contributed by atoms with Gasteiger partial charge < -0.3 is 14.2 Å². The molecule has 27 heavy (non-hydrogen) atoms. The van der Waals surface area contributed by atoms with Gasteiger partial charge in [0.05, 0.1) is 19.1 Å². The Kier molecular flexibility index (Phi) is 6.26. The molecule has 0 fully saturated rings. The number of benzene rings is 3. The molecule has 0 aliphatic rings. The van der Waals surface area contributed by atoms with E-state index in [2.05, 4.69) is 4.99 Å². The summed E-state index contributed by atoms with van der Waals surface area (Å²) in [4.78, 5) is 4.63. The van der Waals surface area contributed by atoms with E-state index < -0.39 is 0 Å². The third-order valence-corrected chi connectivity index (χ3v) is 3.69. The van der Waals surface area contributed by atoms with E-state index in [4.69, 9.17) is 14.2 Å². The normalized spacial score (nSPS) is 11.8. The molecule has 0 saturated carbocycles. The first-order valence-corrected chi connectivity index (χ1v) is 8.59. The third-order valence-electron chi connectivity index (χ3n) is 3.69. The van der Waals surface area contributed by atoms with E-state index in [1.807, 2.05) is 91.9 Å². The lowest BCUT2D eigenvalue weighted by Crippen LogP contribution is -2.11. The zero-order valence-corrected chi connectivity index (χ0v) is 15.3. The summed E-state index contributed by atoms with van der Waals surface area (Å²) in [6.45, 7) is 1.89. The fourth-order valence-corrected chi connectivity index (χ4v) is 2.29. The predicted molar refractivity (Wildman–Crippen MR) is 108 cm³/mol. The maximum absolute atomic E-state index is 6.03. The average Bonchev–Trinajstić information content (AvgIpc) is 2.73. The van der Waals surface area contributed by atoms with Crippen molar-refractivity contribution in [3.05, 3.63) is 96.8 Å². The lowest BCUT2D eigenvalue weighted by atomic mass is 10.3. The second-order valence-corrected chi connectivity index (χ2v) is 5.77. The van der Waals surface area contributed by atoms with Crippen LogP contribution in [0.2, 0.25) is 0 Å². The summed E-state index contributed by atoms with van der Waals surface area (Å²) >= 11 is 0. The van der Waals surface area contributed by atoms with Crippen LogP contribution in [0.25, 0.3) is 0 Å². The van der Waals surface area contributed by atoms with Crippen LogP contribution < -0.4 is 14.2 Å². The molecular formula is C23H21NO3. The van der Waals surface area contributed by atoms with Gasteiger partial charge in [-0.3, -0.25) is 0 Å². The molecule has 0 aliphatic carbocycles. The quantitative estimate of drug-likeness (QED) is 0.318.